The van der Waals surface area contributed by atoms with E-state index in [1.165, 1.54) is 24.3 Å². The number of carboxylic acid groups (broad SMARTS) is 2. The van der Waals surface area contributed by atoms with Gasteiger partial charge in [0.05, 0.1) is 6.04 Å². The molecule has 0 saturated heterocycles. The van der Waals surface area contributed by atoms with E-state index in [0.717, 1.165) is 0 Å². The first-order chi connectivity index (χ1) is 17.3. The first kappa shape index (κ1) is 31.2. The quantitative estimate of drug-likeness (QED) is 0.103. The van der Waals surface area contributed by atoms with Crippen molar-refractivity contribution in [3.05, 3.63) is 29.8 Å². The third-order valence-corrected chi connectivity index (χ3v) is 5.51. The summed E-state index contributed by atoms with van der Waals surface area (Å²) in [7, 11) is 0. The van der Waals surface area contributed by atoms with Crippen LogP contribution in [0.15, 0.2) is 24.3 Å². The van der Waals surface area contributed by atoms with Crippen LogP contribution in [0.5, 0.6) is 5.75 Å². The zero-order valence-corrected chi connectivity index (χ0v) is 20.6. The minimum absolute atomic E-state index is 0.0336. The molecule has 10 N–H and O–H groups in total. The number of thiol groups is 1. The number of primary amides is 1. The van der Waals surface area contributed by atoms with E-state index >= 15 is 0 Å². The van der Waals surface area contributed by atoms with Crippen molar-refractivity contribution in [2.75, 3.05) is 5.75 Å². The van der Waals surface area contributed by atoms with E-state index in [4.69, 9.17) is 16.6 Å². The Morgan fingerprint density at radius 2 is 1.30 bits per heavy atom. The summed E-state index contributed by atoms with van der Waals surface area (Å²) in [5.41, 5.74) is 11.2. The van der Waals surface area contributed by atoms with Crippen LogP contribution in [-0.4, -0.2) is 80.8 Å². The first-order valence-corrected chi connectivity index (χ1v) is 11.8. The van der Waals surface area contributed by atoms with Crippen LogP contribution in [0.2, 0.25) is 0 Å². The minimum Gasteiger partial charge on any atom is -0.508 e. The Kier molecular flexibility index (Phi) is 12.9. The van der Waals surface area contributed by atoms with Crippen LogP contribution in [0.3, 0.4) is 0 Å². The van der Waals surface area contributed by atoms with Crippen LogP contribution in [0.4, 0.5) is 0 Å². The molecular formula is C22H31N5O9S. The monoisotopic (exact) mass is 541 g/mol. The second-order valence-corrected chi connectivity index (χ2v) is 8.48. The maximum absolute atomic E-state index is 12.9. The van der Waals surface area contributed by atoms with Gasteiger partial charge in [-0.25, -0.2) is 4.79 Å². The molecule has 1 aromatic carbocycles. The number of amides is 4. The van der Waals surface area contributed by atoms with Crippen molar-refractivity contribution >= 4 is 48.2 Å². The lowest BCUT2D eigenvalue weighted by atomic mass is 10.0. The van der Waals surface area contributed by atoms with Crippen LogP contribution in [0.25, 0.3) is 0 Å². The van der Waals surface area contributed by atoms with Crippen molar-refractivity contribution < 1.29 is 44.1 Å². The molecule has 0 radical (unpaired) electrons. The summed E-state index contributed by atoms with van der Waals surface area (Å²) in [6.07, 6.45) is -1.63. The summed E-state index contributed by atoms with van der Waals surface area (Å²) >= 11 is 3.89. The van der Waals surface area contributed by atoms with Crippen molar-refractivity contribution in [1.29, 1.82) is 0 Å². The van der Waals surface area contributed by atoms with Gasteiger partial charge in [-0.2, -0.15) is 12.6 Å². The highest BCUT2D eigenvalue weighted by molar-refractivity contribution is 7.80. The predicted molar refractivity (Wildman–Crippen MR) is 132 cm³/mol. The van der Waals surface area contributed by atoms with Gasteiger partial charge in [-0.05, 0) is 30.5 Å². The molecule has 0 aliphatic carbocycles. The molecule has 0 aromatic heterocycles. The van der Waals surface area contributed by atoms with Crippen molar-refractivity contribution in [2.45, 2.75) is 56.3 Å². The lowest BCUT2D eigenvalue weighted by Gasteiger charge is -2.25. The molecule has 37 heavy (non-hydrogen) atoms. The van der Waals surface area contributed by atoms with Crippen molar-refractivity contribution in [3.63, 3.8) is 0 Å². The minimum atomic E-state index is -1.44. The van der Waals surface area contributed by atoms with Gasteiger partial charge in [-0.1, -0.05) is 12.1 Å². The fraction of sp³-hybridized carbons (Fsp3) is 0.455. The highest BCUT2D eigenvalue weighted by atomic mass is 32.1. The molecular weight excluding hydrogens is 510 g/mol. The molecule has 0 spiro atoms. The number of carbonyl (C=O) groups is 6. The van der Waals surface area contributed by atoms with Gasteiger partial charge in [0.25, 0.3) is 0 Å². The molecule has 4 atom stereocenters. The van der Waals surface area contributed by atoms with E-state index in [1.807, 2.05) is 0 Å². The summed E-state index contributed by atoms with van der Waals surface area (Å²) in [4.78, 5) is 72.0. The lowest BCUT2D eigenvalue weighted by Crippen LogP contribution is -2.57. The van der Waals surface area contributed by atoms with Gasteiger partial charge in [0.2, 0.25) is 23.6 Å². The number of aliphatic carboxylic acids is 2. The molecule has 14 nitrogen and oxygen atoms in total. The summed E-state index contributed by atoms with van der Waals surface area (Å²) in [5, 5.41) is 34.8. The third kappa shape index (κ3) is 11.6. The number of nitrogens with two attached hydrogens (primary N) is 2. The summed E-state index contributed by atoms with van der Waals surface area (Å²) in [5.74, 6) is -6.18. The Bertz CT molecular complexity index is 989. The zero-order chi connectivity index (χ0) is 28.1. The molecule has 0 bridgehead atoms. The molecule has 15 heteroatoms. The number of hydrogen-bond acceptors (Lipinski definition) is 9. The van der Waals surface area contributed by atoms with Crippen LogP contribution in [-0.2, 0) is 35.2 Å². The highest BCUT2D eigenvalue weighted by Crippen LogP contribution is 2.12. The number of phenols is 1. The van der Waals surface area contributed by atoms with Crippen molar-refractivity contribution in [2.24, 2.45) is 11.5 Å². The smallest absolute Gasteiger partial charge is 0.326 e. The number of rotatable bonds is 16. The van der Waals surface area contributed by atoms with Gasteiger partial charge in [-0.15, -0.1) is 0 Å². The highest BCUT2D eigenvalue weighted by Gasteiger charge is 2.30. The molecule has 0 aliphatic heterocycles. The second-order valence-electron chi connectivity index (χ2n) is 8.12. The van der Waals surface area contributed by atoms with E-state index in [0.29, 0.717) is 5.56 Å². The van der Waals surface area contributed by atoms with Crippen LogP contribution in [0, 0.1) is 0 Å². The van der Waals surface area contributed by atoms with E-state index in [2.05, 4.69) is 28.6 Å². The molecule has 204 valence electrons. The van der Waals surface area contributed by atoms with Gasteiger partial charge < -0.3 is 42.7 Å². The van der Waals surface area contributed by atoms with Crippen LogP contribution < -0.4 is 27.4 Å². The molecule has 0 fully saturated rings. The number of hydrogen-bond donors (Lipinski definition) is 9. The molecule has 4 unspecified atom stereocenters. The van der Waals surface area contributed by atoms with Gasteiger partial charge in [0.15, 0.2) is 0 Å². The Hall–Kier alpha value is -3.85. The predicted octanol–water partition coefficient (Wildman–Crippen LogP) is -2.14. The van der Waals surface area contributed by atoms with E-state index < -0.39 is 66.2 Å². The van der Waals surface area contributed by atoms with E-state index in [1.54, 1.807) is 0 Å². The molecule has 4 amide bonds. The Morgan fingerprint density at radius 1 is 0.811 bits per heavy atom. The lowest BCUT2D eigenvalue weighted by molar-refractivity contribution is -0.142. The average molecular weight is 542 g/mol. The SMILES string of the molecule is NC(=O)CCC(NC(=O)C(CCC(=O)O)NC(=O)C(N)CS)C(=O)NC(Cc1ccc(O)cc1)C(=O)O. The fourth-order valence-corrected chi connectivity index (χ4v) is 3.23. The third-order valence-electron chi connectivity index (χ3n) is 5.12. The zero-order valence-electron chi connectivity index (χ0n) is 19.8. The molecule has 1 aromatic rings. The molecule has 0 saturated carbocycles. The van der Waals surface area contributed by atoms with Gasteiger partial charge in [0.1, 0.15) is 23.9 Å². The number of phenolic OH excluding ortho intramolecular Hbond substituents is 1. The second kappa shape index (κ2) is 15.3. The summed E-state index contributed by atoms with van der Waals surface area (Å²) in [6.45, 7) is 0. The first-order valence-electron chi connectivity index (χ1n) is 11.1. The standard InChI is InChI=1S/C22H31N5O9S/c23-13(10-37)19(32)25-15(6-8-18(30)31)20(33)26-14(5-7-17(24)29)21(34)27-16(22(35)36)9-11-1-3-12(28)4-2-11/h1-4,13-16,28,37H,5-10,23H2,(H2,24,29)(H,25,32)(H,26,33)(H,27,34)(H,30,31)(H,35,36). The Balaban J connectivity index is 3.06. The van der Waals surface area contributed by atoms with Crippen molar-refractivity contribution in [3.8, 4) is 5.75 Å². The van der Waals surface area contributed by atoms with Crippen LogP contribution >= 0.6 is 12.6 Å². The maximum atomic E-state index is 12.9. The Labute approximate surface area is 217 Å². The normalized spacial score (nSPS) is 13.9. The number of nitrogens with one attached hydrogen (secondary N) is 3. The topological polar surface area (TPSA) is 251 Å². The van der Waals surface area contributed by atoms with Gasteiger partial charge >= 0.3 is 11.9 Å². The molecule has 0 heterocycles. The number of benzene rings is 1. The number of carbonyl (C=O) groups excluding carboxylic acids is 4. The average Bonchev–Trinajstić information content (AvgIpc) is 2.83. The van der Waals surface area contributed by atoms with E-state index in [9.17, 15) is 39.0 Å². The number of carboxylic acids is 2. The molecule has 0 aliphatic rings. The Morgan fingerprint density at radius 3 is 1.76 bits per heavy atom. The fourth-order valence-electron chi connectivity index (χ4n) is 3.07. The largest absolute Gasteiger partial charge is 0.508 e. The number of aromatic hydroxyl groups is 1. The van der Waals surface area contributed by atoms with Gasteiger partial charge in [-0.3, -0.25) is 24.0 Å². The maximum Gasteiger partial charge on any atom is 0.326 e. The van der Waals surface area contributed by atoms with Crippen LogP contribution in [0.1, 0.15) is 31.2 Å². The van der Waals surface area contributed by atoms with E-state index in [-0.39, 0.29) is 37.2 Å². The van der Waals surface area contributed by atoms with Gasteiger partial charge in [0, 0.05) is 25.0 Å². The molecule has 1 rings (SSSR count). The van der Waals surface area contributed by atoms with Crippen molar-refractivity contribution in [1.82, 2.24) is 16.0 Å². The summed E-state index contributed by atoms with van der Waals surface area (Å²) in [6, 6.07) is 0.267. The summed E-state index contributed by atoms with van der Waals surface area (Å²) < 4.78 is 0.